The van der Waals surface area contributed by atoms with Crippen LogP contribution in [0.4, 0.5) is 0 Å². The molecule has 2 saturated carbocycles. The van der Waals surface area contributed by atoms with Gasteiger partial charge >= 0.3 is 0 Å². The monoisotopic (exact) mass is 667 g/mol. The van der Waals surface area contributed by atoms with Crippen LogP contribution in [-0.4, -0.2) is 73.4 Å². The molecule has 0 bridgehead atoms. The first-order valence-corrected chi connectivity index (χ1v) is 17.0. The zero-order valence-electron chi connectivity index (χ0n) is 26.9. The molecule has 0 unspecified atom stereocenters. The number of benzene rings is 2. The summed E-state index contributed by atoms with van der Waals surface area (Å²) < 4.78 is 12.8. The first-order valence-electron chi connectivity index (χ1n) is 16.6. The number of carbonyl (C=O) groups is 1. The molecule has 10 heteroatoms. The van der Waals surface area contributed by atoms with Gasteiger partial charge in [-0.05, 0) is 98.7 Å². The van der Waals surface area contributed by atoms with Gasteiger partial charge in [-0.1, -0.05) is 35.9 Å². The van der Waals surface area contributed by atoms with Gasteiger partial charge in [-0.25, -0.2) is 0 Å². The van der Waals surface area contributed by atoms with E-state index in [1.54, 1.807) is 0 Å². The third-order valence-electron chi connectivity index (χ3n) is 9.22. The first kappa shape index (κ1) is 35.4. The highest BCUT2D eigenvalue weighted by Crippen LogP contribution is 2.53. The van der Waals surface area contributed by atoms with Gasteiger partial charge in [0, 0.05) is 41.4 Å². The number of hydrogen-bond donors (Lipinski definition) is 5. The van der Waals surface area contributed by atoms with E-state index in [2.05, 4.69) is 24.0 Å². The van der Waals surface area contributed by atoms with Crippen LogP contribution in [0.3, 0.4) is 0 Å². The minimum Gasteiger partial charge on any atom is -0.490 e. The van der Waals surface area contributed by atoms with E-state index in [1.807, 2.05) is 42.7 Å². The molecule has 0 saturated heterocycles. The molecular weight excluding hydrogens is 622 g/mol. The van der Waals surface area contributed by atoms with E-state index < -0.39 is 36.6 Å². The maximum absolute atomic E-state index is 12.3. The summed E-state index contributed by atoms with van der Waals surface area (Å²) in [7, 11) is 0. The lowest BCUT2D eigenvalue weighted by Gasteiger charge is -2.25. The molecule has 1 aromatic heterocycles. The van der Waals surface area contributed by atoms with E-state index in [1.165, 1.54) is 0 Å². The molecule has 3 aromatic rings. The van der Waals surface area contributed by atoms with Gasteiger partial charge in [0.25, 0.3) is 0 Å². The Hall–Kier alpha value is -2.89. The van der Waals surface area contributed by atoms with Gasteiger partial charge in [-0.2, -0.15) is 0 Å². The highest BCUT2D eigenvalue weighted by Gasteiger charge is 2.48. The van der Waals surface area contributed by atoms with Crippen LogP contribution >= 0.6 is 11.6 Å². The van der Waals surface area contributed by atoms with Crippen molar-refractivity contribution in [2.75, 3.05) is 6.61 Å². The molecule has 0 amide bonds. The van der Waals surface area contributed by atoms with E-state index >= 15 is 0 Å². The number of carbonyl (C=O) groups excluding carboxylic acids is 1. The lowest BCUT2D eigenvalue weighted by Crippen LogP contribution is -2.45. The Kier molecular flexibility index (Phi) is 12.1. The van der Waals surface area contributed by atoms with Crippen molar-refractivity contribution < 1.29 is 39.8 Å². The van der Waals surface area contributed by atoms with Crippen molar-refractivity contribution in [1.29, 1.82) is 0 Å². The van der Waals surface area contributed by atoms with Crippen LogP contribution in [0.15, 0.2) is 54.9 Å². The van der Waals surface area contributed by atoms with Gasteiger partial charge in [-0.15, -0.1) is 0 Å². The fourth-order valence-corrected chi connectivity index (χ4v) is 6.18. The Labute approximate surface area is 281 Å². The highest BCUT2D eigenvalue weighted by atomic mass is 35.5. The van der Waals surface area contributed by atoms with Gasteiger partial charge in [-0.3, -0.25) is 9.78 Å². The predicted molar refractivity (Wildman–Crippen MR) is 178 cm³/mol. The number of aromatic nitrogens is 1. The van der Waals surface area contributed by atoms with Crippen molar-refractivity contribution >= 4 is 17.4 Å². The number of para-hydroxylation sites is 1. The molecule has 5 N–H and O–H groups in total. The number of aliphatic hydroxyl groups is 5. The maximum Gasteiger partial charge on any atom is 0.133 e. The third-order valence-corrected chi connectivity index (χ3v) is 9.57. The number of hydrogen-bond acceptors (Lipinski definition) is 9. The van der Waals surface area contributed by atoms with Crippen molar-refractivity contribution in [1.82, 2.24) is 4.98 Å². The topological polar surface area (TPSA) is 150 Å². The number of pyridine rings is 1. The lowest BCUT2D eigenvalue weighted by atomic mass is 9.96. The number of unbranched alkanes of at least 4 members (excludes halogenated alkanes) is 1. The molecule has 254 valence electrons. The van der Waals surface area contributed by atoms with Crippen molar-refractivity contribution in [2.45, 2.75) is 114 Å². The fourth-order valence-electron chi connectivity index (χ4n) is 5.94. The van der Waals surface area contributed by atoms with Crippen molar-refractivity contribution in [3.63, 3.8) is 0 Å². The molecule has 9 nitrogen and oxygen atoms in total. The zero-order chi connectivity index (χ0) is 33.6. The summed E-state index contributed by atoms with van der Waals surface area (Å²) in [5.41, 5.74) is 5.92. The first-order chi connectivity index (χ1) is 22.6. The second kappa shape index (κ2) is 16.0. The SMILES string of the molecule is Cc1cc(COC2(c3cnccc3-c3ccccc3OC3CC3)CC2)c(Cl)cc1CCCCC(=O)CC[C@H](O)[C@@H](O)[C@H](O)[C@H](O)CO. The van der Waals surface area contributed by atoms with E-state index in [-0.39, 0.29) is 18.6 Å². The quantitative estimate of drug-likeness (QED) is 0.112. The molecular formula is C37H46ClNO8. The van der Waals surface area contributed by atoms with E-state index in [0.29, 0.717) is 30.6 Å². The number of ether oxygens (including phenoxy) is 2. The van der Waals surface area contributed by atoms with Crippen molar-refractivity contribution in [3.8, 4) is 16.9 Å². The number of aliphatic hydroxyl groups excluding tert-OH is 5. The summed E-state index contributed by atoms with van der Waals surface area (Å²) in [6.45, 7) is 1.68. The largest absolute Gasteiger partial charge is 0.490 e. The second-order valence-corrected chi connectivity index (χ2v) is 13.4. The van der Waals surface area contributed by atoms with Crippen LogP contribution < -0.4 is 4.74 Å². The molecule has 0 spiro atoms. The molecule has 5 rings (SSSR count). The van der Waals surface area contributed by atoms with E-state index in [9.17, 15) is 25.2 Å². The van der Waals surface area contributed by atoms with Gasteiger partial charge < -0.3 is 35.0 Å². The van der Waals surface area contributed by atoms with Crippen molar-refractivity contribution in [3.05, 3.63) is 82.1 Å². The third kappa shape index (κ3) is 9.18. The number of nitrogens with zero attached hydrogens (tertiary/aromatic N) is 1. The number of aryl methyl sites for hydroxylation is 2. The number of ketones is 1. The Balaban J connectivity index is 1.12. The van der Waals surface area contributed by atoms with Gasteiger partial charge in [0.1, 0.15) is 29.8 Å². The molecule has 2 aromatic carbocycles. The van der Waals surface area contributed by atoms with E-state index in [4.69, 9.17) is 26.2 Å². The average molecular weight is 668 g/mol. The summed E-state index contributed by atoms with van der Waals surface area (Å²) >= 11 is 6.76. The number of Topliss-reactive ketones (excluding diaryl/α,β-unsaturated/α-hetero) is 1. The van der Waals surface area contributed by atoms with Gasteiger partial charge in [0.15, 0.2) is 0 Å². The van der Waals surface area contributed by atoms with Crippen LogP contribution in [0.1, 0.15) is 80.0 Å². The normalized spacial score (nSPS) is 17.9. The summed E-state index contributed by atoms with van der Waals surface area (Å²) in [5.74, 6) is 0.837. The summed E-state index contributed by atoms with van der Waals surface area (Å²) in [6, 6.07) is 14.3. The summed E-state index contributed by atoms with van der Waals surface area (Å²) in [4.78, 5) is 16.8. The summed E-state index contributed by atoms with van der Waals surface area (Å²) in [5, 5.41) is 48.7. The van der Waals surface area contributed by atoms with Crippen molar-refractivity contribution in [2.24, 2.45) is 0 Å². The average Bonchev–Trinajstić information content (AvgIpc) is 4.03. The molecule has 1 heterocycles. The van der Waals surface area contributed by atoms with Crippen LogP contribution in [-0.2, 0) is 28.2 Å². The Bertz CT molecular complexity index is 1510. The highest BCUT2D eigenvalue weighted by molar-refractivity contribution is 6.31. The minimum atomic E-state index is -1.69. The Morgan fingerprint density at radius 3 is 2.45 bits per heavy atom. The van der Waals surface area contributed by atoms with E-state index in [0.717, 1.165) is 77.7 Å². The molecule has 2 fully saturated rings. The number of halogens is 1. The molecule has 2 aliphatic rings. The van der Waals surface area contributed by atoms with Gasteiger partial charge in [0.2, 0.25) is 0 Å². The Morgan fingerprint density at radius 1 is 0.979 bits per heavy atom. The number of rotatable bonds is 19. The lowest BCUT2D eigenvalue weighted by molar-refractivity contribution is -0.125. The minimum absolute atomic E-state index is 0.0427. The molecule has 0 radical (unpaired) electrons. The van der Waals surface area contributed by atoms with Crippen LogP contribution in [0.25, 0.3) is 11.1 Å². The van der Waals surface area contributed by atoms with Crippen LogP contribution in [0.2, 0.25) is 5.02 Å². The maximum atomic E-state index is 12.3. The predicted octanol–water partition coefficient (Wildman–Crippen LogP) is 4.96. The molecule has 2 aliphatic carbocycles. The second-order valence-electron chi connectivity index (χ2n) is 13.0. The fraction of sp³-hybridized carbons (Fsp3) is 0.514. The Morgan fingerprint density at radius 2 is 1.72 bits per heavy atom. The van der Waals surface area contributed by atoms with Crippen LogP contribution in [0.5, 0.6) is 5.75 Å². The standard InChI is InChI=1S/C37H46ClNO8/c1-23-18-25(31(38)19-24(23)6-2-3-7-26(41)10-13-32(42)35(44)36(45)33(43)21-40)22-46-37(15-16-37)30-20-39-17-14-28(30)29-8-4-5-9-34(29)47-27-11-12-27/h4-5,8-9,14,17-20,27,32-33,35-36,40,42-45H,2-3,6-7,10-13,15-16,21-22H2,1H3/t32-,33+,35+,36+/m0/s1. The molecule has 4 atom stereocenters. The van der Waals surface area contributed by atoms with Gasteiger partial charge in [0.05, 0.1) is 31.0 Å². The smallest absolute Gasteiger partial charge is 0.133 e. The summed E-state index contributed by atoms with van der Waals surface area (Å²) in [6.07, 6.45) is 4.27. The zero-order valence-corrected chi connectivity index (χ0v) is 27.6. The molecule has 47 heavy (non-hydrogen) atoms. The molecule has 0 aliphatic heterocycles. The van der Waals surface area contributed by atoms with Crippen LogP contribution in [0, 0.1) is 6.92 Å².